The van der Waals surface area contributed by atoms with Gasteiger partial charge in [0.2, 0.25) is 0 Å². The summed E-state index contributed by atoms with van der Waals surface area (Å²) in [5.41, 5.74) is 0. The van der Waals surface area contributed by atoms with E-state index in [4.69, 9.17) is 0 Å². The van der Waals surface area contributed by atoms with E-state index in [9.17, 15) is 0 Å². The van der Waals surface area contributed by atoms with Crippen molar-refractivity contribution in [1.29, 1.82) is 0 Å². The zero-order valence-corrected chi connectivity index (χ0v) is 9.13. The Labute approximate surface area is 61.6 Å². The summed E-state index contributed by atoms with van der Waals surface area (Å²) in [4.78, 5) is 0. The maximum atomic E-state index is 2.44. The molecular weight excluding hydrogens is 213 g/mol. The Balaban J connectivity index is 0. The van der Waals surface area contributed by atoms with Crippen molar-refractivity contribution in [3.63, 3.8) is 0 Å². The Morgan fingerprint density at radius 1 is 1.14 bits per heavy atom. The molecule has 0 unspecified atom stereocenters. The van der Waals surface area contributed by atoms with Crippen LogP contribution >= 0.6 is 17.0 Å². The van der Waals surface area contributed by atoms with E-state index in [1.165, 1.54) is 10.5 Å². The zero-order valence-electron chi connectivity index (χ0n) is 5.32. The number of hydrogen-bond donors (Lipinski definition) is 0. The summed E-state index contributed by atoms with van der Waals surface area (Å²) in [5.74, 6) is 2.44. The summed E-state index contributed by atoms with van der Waals surface area (Å²) in [5, 5.41) is 2.99. The van der Waals surface area contributed by atoms with E-state index in [0.717, 1.165) is 0 Å². The average molecular weight is 227 g/mol. The molecule has 0 aromatic heterocycles. The van der Waals surface area contributed by atoms with Gasteiger partial charge in [0.05, 0.1) is 0 Å². The van der Waals surface area contributed by atoms with Crippen LogP contribution in [0.5, 0.6) is 0 Å². The molecule has 2 heteroatoms. The maximum absolute atomic E-state index is 2.44. The molecular formula is C5H14BrGe. The second-order valence-corrected chi connectivity index (χ2v) is 8.65. The monoisotopic (exact) mass is 227 g/mol. The fourth-order valence-corrected chi connectivity index (χ4v) is 1.30. The molecule has 0 amide bonds. The summed E-state index contributed by atoms with van der Waals surface area (Å²) in [6.07, 6.45) is 0. The Bertz CT molecular complexity index is 27.3. The molecule has 0 N–H and O–H groups in total. The Morgan fingerprint density at radius 2 is 1.43 bits per heavy atom. The second-order valence-electron chi connectivity index (χ2n) is 1.66. The molecule has 0 aliphatic rings. The number of halogens is 1. The van der Waals surface area contributed by atoms with E-state index < -0.39 is 0 Å². The molecule has 0 saturated heterocycles. The van der Waals surface area contributed by atoms with Gasteiger partial charge in [-0.15, -0.1) is 17.0 Å². The fourth-order valence-electron chi connectivity index (χ4n) is 0.250. The van der Waals surface area contributed by atoms with Gasteiger partial charge in [-0.05, 0) is 0 Å². The molecule has 0 spiro atoms. The fraction of sp³-hybridized carbons (Fsp3) is 1.00. The standard InChI is InChI=1S/C5H13Ge.BrH/c1-4-6(3)5-2;/h4-5H2,1-3H3;1H. The molecule has 0 heterocycles. The molecule has 0 saturated carbocycles. The third-order valence-corrected chi connectivity index (χ3v) is 6.27. The first-order valence-electron chi connectivity index (χ1n) is 2.62. The molecule has 45 valence electrons. The number of rotatable bonds is 2. The van der Waals surface area contributed by atoms with Crippen LogP contribution in [0.2, 0.25) is 16.3 Å². The average Bonchev–Trinajstić information content (AvgIpc) is 1.65. The van der Waals surface area contributed by atoms with E-state index in [0.29, 0.717) is 0 Å². The van der Waals surface area contributed by atoms with Crippen LogP contribution < -0.4 is 0 Å². The van der Waals surface area contributed by atoms with E-state index >= 15 is 0 Å². The van der Waals surface area contributed by atoms with Crippen molar-refractivity contribution in [3.8, 4) is 0 Å². The van der Waals surface area contributed by atoms with Gasteiger partial charge in [-0.3, -0.25) is 0 Å². The van der Waals surface area contributed by atoms with Crippen molar-refractivity contribution in [2.75, 3.05) is 0 Å². The van der Waals surface area contributed by atoms with Gasteiger partial charge in [0, 0.05) is 0 Å². The molecule has 0 aromatic rings. The normalized spacial score (nSPS) is 8.57. The van der Waals surface area contributed by atoms with Crippen molar-refractivity contribution in [3.05, 3.63) is 0 Å². The van der Waals surface area contributed by atoms with E-state index in [2.05, 4.69) is 19.6 Å². The van der Waals surface area contributed by atoms with Crippen molar-refractivity contribution < 1.29 is 0 Å². The minimum atomic E-state index is -0.380. The summed E-state index contributed by atoms with van der Waals surface area (Å²) in [6.45, 7) is 4.61. The summed E-state index contributed by atoms with van der Waals surface area (Å²) >= 11 is -0.380. The van der Waals surface area contributed by atoms with Crippen LogP contribution in [-0.4, -0.2) is 14.3 Å². The van der Waals surface area contributed by atoms with Crippen LogP contribution in [0.15, 0.2) is 0 Å². The first-order valence-corrected chi connectivity index (χ1v) is 7.69. The summed E-state index contributed by atoms with van der Waals surface area (Å²) in [7, 11) is 0. The first-order chi connectivity index (χ1) is 2.81. The summed E-state index contributed by atoms with van der Waals surface area (Å²) in [6, 6.07) is 0. The molecule has 1 radical (unpaired) electrons. The van der Waals surface area contributed by atoms with Crippen LogP contribution in [0.25, 0.3) is 0 Å². The van der Waals surface area contributed by atoms with Crippen molar-refractivity contribution in [2.45, 2.75) is 30.1 Å². The molecule has 0 aliphatic carbocycles. The second kappa shape index (κ2) is 7.02. The Morgan fingerprint density at radius 3 is 1.43 bits per heavy atom. The third-order valence-electron chi connectivity index (χ3n) is 1.21. The molecule has 0 nitrogen and oxygen atoms in total. The van der Waals surface area contributed by atoms with Gasteiger partial charge in [-0.25, -0.2) is 0 Å². The van der Waals surface area contributed by atoms with Crippen LogP contribution in [0.4, 0.5) is 0 Å². The van der Waals surface area contributed by atoms with E-state index in [1.807, 2.05) is 0 Å². The molecule has 0 atom stereocenters. The van der Waals surface area contributed by atoms with Crippen LogP contribution in [-0.2, 0) is 0 Å². The molecule has 0 fully saturated rings. The van der Waals surface area contributed by atoms with Gasteiger partial charge >= 0.3 is 44.5 Å². The van der Waals surface area contributed by atoms with Crippen molar-refractivity contribution in [1.82, 2.24) is 0 Å². The van der Waals surface area contributed by atoms with Gasteiger partial charge in [0.1, 0.15) is 0 Å². The van der Waals surface area contributed by atoms with Gasteiger partial charge in [-0.1, -0.05) is 0 Å². The summed E-state index contributed by atoms with van der Waals surface area (Å²) < 4.78 is 0. The number of hydrogen-bond acceptors (Lipinski definition) is 0. The molecule has 0 aliphatic heterocycles. The van der Waals surface area contributed by atoms with Crippen LogP contribution in [0.3, 0.4) is 0 Å². The van der Waals surface area contributed by atoms with Crippen molar-refractivity contribution in [2.24, 2.45) is 0 Å². The van der Waals surface area contributed by atoms with Crippen LogP contribution in [0, 0.1) is 0 Å². The topological polar surface area (TPSA) is 0 Å². The van der Waals surface area contributed by atoms with Crippen LogP contribution in [0.1, 0.15) is 13.8 Å². The molecule has 7 heavy (non-hydrogen) atoms. The predicted octanol–water partition coefficient (Wildman–Crippen LogP) is 2.73. The van der Waals surface area contributed by atoms with E-state index in [-0.39, 0.29) is 31.3 Å². The Kier molecular flexibility index (Phi) is 10.9. The van der Waals surface area contributed by atoms with Crippen molar-refractivity contribution >= 4 is 31.3 Å². The molecule has 0 aromatic carbocycles. The third kappa shape index (κ3) is 7.02. The van der Waals surface area contributed by atoms with Gasteiger partial charge in [0.25, 0.3) is 0 Å². The van der Waals surface area contributed by atoms with E-state index in [1.54, 1.807) is 0 Å². The minimum absolute atomic E-state index is 0. The molecule has 0 bridgehead atoms. The van der Waals surface area contributed by atoms with Gasteiger partial charge in [-0.2, -0.15) is 0 Å². The Hall–Kier alpha value is 1.02. The van der Waals surface area contributed by atoms with Gasteiger partial charge in [0.15, 0.2) is 0 Å². The zero-order chi connectivity index (χ0) is 4.99. The van der Waals surface area contributed by atoms with Gasteiger partial charge < -0.3 is 0 Å². The quantitative estimate of drug-likeness (QED) is 0.636. The first kappa shape index (κ1) is 10.9. The molecule has 0 rings (SSSR count). The SMILES string of the molecule is Br.C[CH2][Ge]([CH3])[CH2]C. The predicted molar refractivity (Wildman–Crippen MR) is 42.9 cm³/mol.